The SMILES string of the molecule is COc1ccccc1CN=C(NCCc1ccco1)NCc1cccs1. The molecule has 0 fully saturated rings. The Morgan fingerprint density at radius 1 is 1.12 bits per heavy atom. The van der Waals surface area contributed by atoms with Gasteiger partial charge in [-0.15, -0.1) is 11.3 Å². The van der Waals surface area contributed by atoms with E-state index in [1.54, 1.807) is 24.7 Å². The highest BCUT2D eigenvalue weighted by molar-refractivity contribution is 7.09. The summed E-state index contributed by atoms with van der Waals surface area (Å²) in [6, 6.07) is 16.0. The van der Waals surface area contributed by atoms with Gasteiger partial charge in [-0.2, -0.15) is 0 Å². The quantitative estimate of drug-likeness (QED) is 0.468. The van der Waals surface area contributed by atoms with Crippen LogP contribution in [0.15, 0.2) is 69.6 Å². The highest BCUT2D eigenvalue weighted by atomic mass is 32.1. The van der Waals surface area contributed by atoms with Crippen molar-refractivity contribution in [1.29, 1.82) is 0 Å². The lowest BCUT2D eigenvalue weighted by Crippen LogP contribution is -2.38. The lowest BCUT2D eigenvalue weighted by atomic mass is 10.2. The third kappa shape index (κ3) is 5.39. The standard InChI is InChI=1S/C20H23N3O2S/c1-24-19-9-3-2-6-16(19)14-22-20(23-15-18-8-5-13-26-18)21-11-10-17-7-4-12-25-17/h2-9,12-13H,10-11,14-15H2,1H3,(H2,21,22,23). The van der Waals surface area contributed by atoms with Gasteiger partial charge >= 0.3 is 0 Å². The Balaban J connectivity index is 1.62. The van der Waals surface area contributed by atoms with Crippen LogP contribution in [0.2, 0.25) is 0 Å². The number of furan rings is 1. The van der Waals surface area contributed by atoms with Crippen LogP contribution in [0.5, 0.6) is 5.75 Å². The summed E-state index contributed by atoms with van der Waals surface area (Å²) in [4.78, 5) is 5.98. The Hall–Kier alpha value is -2.73. The normalized spacial score (nSPS) is 11.3. The summed E-state index contributed by atoms with van der Waals surface area (Å²) in [5.74, 6) is 2.58. The second kappa shape index (κ2) is 9.68. The maximum absolute atomic E-state index is 5.41. The Kier molecular flexibility index (Phi) is 6.73. The minimum Gasteiger partial charge on any atom is -0.496 e. The molecule has 0 saturated carbocycles. The molecule has 2 N–H and O–H groups in total. The van der Waals surface area contributed by atoms with Crippen LogP contribution in [0.3, 0.4) is 0 Å². The van der Waals surface area contributed by atoms with Crippen molar-refractivity contribution in [3.8, 4) is 5.75 Å². The van der Waals surface area contributed by atoms with Gasteiger partial charge in [-0.25, -0.2) is 4.99 Å². The van der Waals surface area contributed by atoms with E-state index in [2.05, 4.69) is 28.1 Å². The van der Waals surface area contributed by atoms with Gasteiger partial charge < -0.3 is 19.8 Å². The summed E-state index contributed by atoms with van der Waals surface area (Å²) >= 11 is 1.73. The minimum absolute atomic E-state index is 0.546. The molecule has 0 aliphatic carbocycles. The number of methoxy groups -OCH3 is 1. The summed E-state index contributed by atoms with van der Waals surface area (Å²) < 4.78 is 10.8. The van der Waals surface area contributed by atoms with Crippen LogP contribution in [0, 0.1) is 0 Å². The Morgan fingerprint density at radius 3 is 2.81 bits per heavy atom. The molecule has 6 heteroatoms. The average Bonchev–Trinajstić information content (AvgIpc) is 3.37. The van der Waals surface area contributed by atoms with Gasteiger partial charge in [0.2, 0.25) is 0 Å². The van der Waals surface area contributed by atoms with Crippen molar-refractivity contribution < 1.29 is 9.15 Å². The first-order chi connectivity index (χ1) is 12.8. The molecule has 0 saturated heterocycles. The monoisotopic (exact) mass is 369 g/mol. The highest BCUT2D eigenvalue weighted by Crippen LogP contribution is 2.18. The van der Waals surface area contributed by atoms with Crippen molar-refractivity contribution in [1.82, 2.24) is 10.6 Å². The van der Waals surface area contributed by atoms with Crippen LogP contribution >= 0.6 is 11.3 Å². The first-order valence-electron chi connectivity index (χ1n) is 8.54. The van der Waals surface area contributed by atoms with Gasteiger partial charge in [0.25, 0.3) is 0 Å². The zero-order chi connectivity index (χ0) is 18.0. The molecule has 2 heterocycles. The van der Waals surface area contributed by atoms with Gasteiger partial charge in [0.15, 0.2) is 5.96 Å². The summed E-state index contributed by atoms with van der Waals surface area (Å²) in [5, 5.41) is 8.84. The van der Waals surface area contributed by atoms with E-state index in [-0.39, 0.29) is 0 Å². The smallest absolute Gasteiger partial charge is 0.191 e. The zero-order valence-electron chi connectivity index (χ0n) is 14.8. The fraction of sp³-hybridized carbons (Fsp3) is 0.250. The molecule has 0 bridgehead atoms. The minimum atomic E-state index is 0.546. The molecule has 1 aromatic carbocycles. The van der Waals surface area contributed by atoms with Crippen molar-refractivity contribution in [3.63, 3.8) is 0 Å². The van der Waals surface area contributed by atoms with Gasteiger partial charge in [0, 0.05) is 23.4 Å². The first-order valence-corrected chi connectivity index (χ1v) is 9.42. The van der Waals surface area contributed by atoms with E-state index in [1.165, 1.54) is 4.88 Å². The van der Waals surface area contributed by atoms with Gasteiger partial charge in [0.1, 0.15) is 11.5 Å². The number of guanidine groups is 1. The van der Waals surface area contributed by atoms with Crippen molar-refractivity contribution in [2.45, 2.75) is 19.5 Å². The number of thiophene rings is 1. The number of nitrogens with one attached hydrogen (secondary N) is 2. The van der Waals surface area contributed by atoms with E-state index in [1.807, 2.05) is 36.4 Å². The third-order valence-electron chi connectivity index (χ3n) is 3.85. The number of benzene rings is 1. The van der Waals surface area contributed by atoms with E-state index in [4.69, 9.17) is 14.1 Å². The van der Waals surface area contributed by atoms with Crippen LogP contribution in [0.1, 0.15) is 16.2 Å². The van der Waals surface area contributed by atoms with Gasteiger partial charge in [0.05, 0.1) is 26.5 Å². The highest BCUT2D eigenvalue weighted by Gasteiger charge is 2.04. The maximum Gasteiger partial charge on any atom is 0.191 e. The molecule has 0 aliphatic rings. The molecule has 0 spiro atoms. The van der Waals surface area contributed by atoms with E-state index < -0.39 is 0 Å². The number of hydrogen-bond acceptors (Lipinski definition) is 4. The molecule has 2 aromatic heterocycles. The van der Waals surface area contributed by atoms with Crippen LogP contribution in [0.4, 0.5) is 0 Å². The van der Waals surface area contributed by atoms with Gasteiger partial charge in [-0.05, 0) is 29.6 Å². The van der Waals surface area contributed by atoms with Crippen LogP contribution in [-0.4, -0.2) is 19.6 Å². The van der Waals surface area contributed by atoms with E-state index in [9.17, 15) is 0 Å². The molecule has 136 valence electrons. The van der Waals surface area contributed by atoms with Crippen molar-refractivity contribution in [2.75, 3.05) is 13.7 Å². The second-order valence-electron chi connectivity index (χ2n) is 5.67. The van der Waals surface area contributed by atoms with E-state index in [0.717, 1.165) is 42.5 Å². The van der Waals surface area contributed by atoms with Crippen molar-refractivity contribution in [3.05, 3.63) is 76.4 Å². The lowest BCUT2D eigenvalue weighted by molar-refractivity contribution is 0.410. The van der Waals surface area contributed by atoms with Crippen molar-refractivity contribution in [2.24, 2.45) is 4.99 Å². The predicted octanol–water partition coefficient (Wildman–Crippen LogP) is 3.83. The Bertz CT molecular complexity index is 798. The average molecular weight is 369 g/mol. The molecular weight excluding hydrogens is 346 g/mol. The number of para-hydroxylation sites is 1. The van der Waals surface area contributed by atoms with Crippen LogP contribution in [-0.2, 0) is 19.5 Å². The summed E-state index contributed by atoms with van der Waals surface area (Å²) in [7, 11) is 1.68. The fourth-order valence-electron chi connectivity index (χ4n) is 2.52. The summed E-state index contributed by atoms with van der Waals surface area (Å²) in [6.45, 7) is 2.04. The predicted molar refractivity (Wildman–Crippen MR) is 106 cm³/mol. The molecule has 0 aliphatic heterocycles. The summed E-state index contributed by atoms with van der Waals surface area (Å²) in [5.41, 5.74) is 1.05. The Labute approximate surface area is 157 Å². The molecule has 0 unspecified atom stereocenters. The fourth-order valence-corrected chi connectivity index (χ4v) is 3.16. The molecule has 3 rings (SSSR count). The van der Waals surface area contributed by atoms with Crippen LogP contribution in [0.25, 0.3) is 0 Å². The van der Waals surface area contributed by atoms with E-state index >= 15 is 0 Å². The second-order valence-corrected chi connectivity index (χ2v) is 6.70. The maximum atomic E-state index is 5.41. The topological polar surface area (TPSA) is 58.8 Å². The Morgan fingerprint density at radius 2 is 2.04 bits per heavy atom. The van der Waals surface area contributed by atoms with Gasteiger partial charge in [-0.3, -0.25) is 0 Å². The first kappa shape index (κ1) is 18.1. The molecule has 5 nitrogen and oxygen atoms in total. The molecule has 0 radical (unpaired) electrons. The number of hydrogen-bond donors (Lipinski definition) is 2. The van der Waals surface area contributed by atoms with Crippen molar-refractivity contribution >= 4 is 17.3 Å². The number of aliphatic imine (C=N–C) groups is 1. The molecular formula is C20H23N3O2S. The number of ether oxygens (including phenoxy) is 1. The van der Waals surface area contributed by atoms with Crippen LogP contribution < -0.4 is 15.4 Å². The van der Waals surface area contributed by atoms with Gasteiger partial charge in [-0.1, -0.05) is 24.3 Å². The summed E-state index contributed by atoms with van der Waals surface area (Å²) in [6.07, 6.45) is 2.50. The largest absolute Gasteiger partial charge is 0.496 e. The molecule has 0 atom stereocenters. The zero-order valence-corrected chi connectivity index (χ0v) is 15.6. The third-order valence-corrected chi connectivity index (χ3v) is 4.73. The van der Waals surface area contributed by atoms with E-state index in [0.29, 0.717) is 6.54 Å². The molecule has 26 heavy (non-hydrogen) atoms. The lowest BCUT2D eigenvalue weighted by Gasteiger charge is -2.12. The number of rotatable bonds is 8. The molecule has 3 aromatic rings. The molecule has 0 amide bonds. The number of nitrogens with zero attached hydrogens (tertiary/aromatic N) is 1.